The standard InChI is InChI=1S/C11H25N3O/c1-2-4-11(15)5-3-8-14(9-6-12)10-7-13/h2-10,12-13H2,1H3. The second-order valence-electron chi connectivity index (χ2n) is 3.81. The van der Waals surface area contributed by atoms with Crippen molar-refractivity contribution in [1.82, 2.24) is 4.90 Å². The average Bonchev–Trinajstić information content (AvgIpc) is 2.19. The molecule has 0 amide bonds. The number of nitrogens with zero attached hydrogens (tertiary/aromatic N) is 1. The van der Waals surface area contributed by atoms with Gasteiger partial charge in [0.15, 0.2) is 0 Å². The average molecular weight is 215 g/mol. The number of rotatable bonds is 10. The topological polar surface area (TPSA) is 72.3 Å². The number of ketones is 1. The normalized spacial score (nSPS) is 10.9. The summed E-state index contributed by atoms with van der Waals surface area (Å²) in [6.07, 6.45) is 3.29. The molecule has 0 heterocycles. The Morgan fingerprint density at radius 1 is 1.07 bits per heavy atom. The number of hydrogen-bond donors (Lipinski definition) is 2. The van der Waals surface area contributed by atoms with Crippen LogP contribution in [0, 0.1) is 0 Å². The highest BCUT2D eigenvalue weighted by Crippen LogP contribution is 2.00. The molecule has 0 spiro atoms. The van der Waals surface area contributed by atoms with Crippen LogP contribution in [0.15, 0.2) is 0 Å². The van der Waals surface area contributed by atoms with Crippen molar-refractivity contribution in [3.8, 4) is 0 Å². The molecule has 4 N–H and O–H groups in total. The molecule has 15 heavy (non-hydrogen) atoms. The monoisotopic (exact) mass is 215 g/mol. The third-order valence-corrected chi connectivity index (χ3v) is 2.35. The van der Waals surface area contributed by atoms with Crippen LogP contribution in [0.3, 0.4) is 0 Å². The minimum absolute atomic E-state index is 0.373. The molecule has 0 rings (SSSR count). The van der Waals surface area contributed by atoms with Crippen LogP contribution in [0.1, 0.15) is 32.6 Å². The third-order valence-electron chi connectivity index (χ3n) is 2.35. The van der Waals surface area contributed by atoms with E-state index in [4.69, 9.17) is 11.5 Å². The van der Waals surface area contributed by atoms with Crippen molar-refractivity contribution in [2.24, 2.45) is 11.5 Å². The number of Topliss-reactive ketones (excluding diaryl/α,β-unsaturated/α-hetero) is 1. The summed E-state index contributed by atoms with van der Waals surface area (Å²) in [5.74, 6) is 0.373. The highest BCUT2D eigenvalue weighted by Gasteiger charge is 2.04. The molecule has 0 atom stereocenters. The van der Waals surface area contributed by atoms with Crippen LogP contribution in [0.25, 0.3) is 0 Å². The Balaban J connectivity index is 3.55. The van der Waals surface area contributed by atoms with Gasteiger partial charge < -0.3 is 16.4 Å². The zero-order chi connectivity index (χ0) is 11.5. The molecule has 4 nitrogen and oxygen atoms in total. The zero-order valence-corrected chi connectivity index (χ0v) is 9.87. The molecular weight excluding hydrogens is 190 g/mol. The molecular formula is C11H25N3O. The highest BCUT2D eigenvalue weighted by atomic mass is 16.1. The van der Waals surface area contributed by atoms with Crippen LogP contribution < -0.4 is 11.5 Å². The van der Waals surface area contributed by atoms with Gasteiger partial charge in [-0.15, -0.1) is 0 Å². The smallest absolute Gasteiger partial charge is 0.132 e. The fourth-order valence-corrected chi connectivity index (χ4v) is 1.60. The van der Waals surface area contributed by atoms with E-state index in [9.17, 15) is 4.79 Å². The first-order chi connectivity index (χ1) is 7.24. The summed E-state index contributed by atoms with van der Waals surface area (Å²) < 4.78 is 0. The van der Waals surface area contributed by atoms with Crippen LogP contribution >= 0.6 is 0 Å². The van der Waals surface area contributed by atoms with Gasteiger partial charge in [0.2, 0.25) is 0 Å². The Hall–Kier alpha value is -0.450. The van der Waals surface area contributed by atoms with Gasteiger partial charge in [0.25, 0.3) is 0 Å². The van der Waals surface area contributed by atoms with Crippen molar-refractivity contribution in [1.29, 1.82) is 0 Å². The number of hydrogen-bond acceptors (Lipinski definition) is 4. The van der Waals surface area contributed by atoms with Crippen molar-refractivity contribution >= 4 is 5.78 Å². The number of carbonyl (C=O) groups excluding carboxylic acids is 1. The summed E-state index contributed by atoms with van der Waals surface area (Å²) >= 11 is 0. The maximum absolute atomic E-state index is 11.3. The largest absolute Gasteiger partial charge is 0.329 e. The molecule has 90 valence electrons. The van der Waals surface area contributed by atoms with E-state index in [1.807, 2.05) is 6.92 Å². The lowest BCUT2D eigenvalue weighted by Crippen LogP contribution is -2.34. The number of nitrogens with two attached hydrogens (primary N) is 2. The number of carbonyl (C=O) groups is 1. The second-order valence-corrected chi connectivity index (χ2v) is 3.81. The molecule has 0 aliphatic carbocycles. The molecule has 0 aliphatic heterocycles. The quantitative estimate of drug-likeness (QED) is 0.552. The van der Waals surface area contributed by atoms with Gasteiger partial charge in [-0.2, -0.15) is 0 Å². The molecule has 4 heteroatoms. The van der Waals surface area contributed by atoms with E-state index in [0.717, 1.165) is 32.5 Å². The van der Waals surface area contributed by atoms with Crippen LogP contribution in [0.5, 0.6) is 0 Å². The molecule has 0 aliphatic rings. The molecule has 0 aromatic carbocycles. The Kier molecular flexibility index (Phi) is 9.78. The highest BCUT2D eigenvalue weighted by molar-refractivity contribution is 5.78. The van der Waals surface area contributed by atoms with Gasteiger partial charge >= 0.3 is 0 Å². The lowest BCUT2D eigenvalue weighted by Gasteiger charge is -2.20. The van der Waals surface area contributed by atoms with Gasteiger partial charge in [0.1, 0.15) is 5.78 Å². The van der Waals surface area contributed by atoms with Crippen molar-refractivity contribution < 1.29 is 4.79 Å². The summed E-state index contributed by atoms with van der Waals surface area (Å²) in [5, 5.41) is 0. The first-order valence-electron chi connectivity index (χ1n) is 5.88. The first-order valence-corrected chi connectivity index (χ1v) is 5.88. The predicted molar refractivity (Wildman–Crippen MR) is 63.7 cm³/mol. The fourth-order valence-electron chi connectivity index (χ4n) is 1.60. The summed E-state index contributed by atoms with van der Waals surface area (Å²) in [6.45, 7) is 6.03. The molecule has 0 aromatic rings. The lowest BCUT2D eigenvalue weighted by molar-refractivity contribution is -0.119. The van der Waals surface area contributed by atoms with Gasteiger partial charge in [-0.3, -0.25) is 4.79 Å². The van der Waals surface area contributed by atoms with Gasteiger partial charge in [0, 0.05) is 39.0 Å². The Labute approximate surface area is 93.0 Å². The van der Waals surface area contributed by atoms with Gasteiger partial charge in [-0.05, 0) is 19.4 Å². The van der Waals surface area contributed by atoms with Crippen LogP contribution in [-0.2, 0) is 4.79 Å². The van der Waals surface area contributed by atoms with Crippen LogP contribution in [0.4, 0.5) is 0 Å². The zero-order valence-electron chi connectivity index (χ0n) is 9.87. The maximum atomic E-state index is 11.3. The minimum atomic E-state index is 0.373. The van der Waals surface area contributed by atoms with E-state index < -0.39 is 0 Å². The minimum Gasteiger partial charge on any atom is -0.329 e. The third kappa shape index (κ3) is 8.54. The van der Waals surface area contributed by atoms with E-state index in [0.29, 0.717) is 31.7 Å². The molecule has 0 radical (unpaired) electrons. The van der Waals surface area contributed by atoms with Crippen molar-refractivity contribution in [2.75, 3.05) is 32.7 Å². The SMILES string of the molecule is CCCC(=O)CCCN(CCN)CCN. The first kappa shape index (κ1) is 14.6. The molecule has 0 fully saturated rings. The van der Waals surface area contributed by atoms with E-state index in [-0.39, 0.29) is 0 Å². The van der Waals surface area contributed by atoms with Crippen LogP contribution in [0.2, 0.25) is 0 Å². The van der Waals surface area contributed by atoms with Crippen LogP contribution in [-0.4, -0.2) is 43.4 Å². The summed E-state index contributed by atoms with van der Waals surface area (Å²) in [6, 6.07) is 0. The van der Waals surface area contributed by atoms with E-state index >= 15 is 0 Å². The molecule has 0 saturated heterocycles. The maximum Gasteiger partial charge on any atom is 0.132 e. The van der Waals surface area contributed by atoms with Crippen molar-refractivity contribution in [2.45, 2.75) is 32.6 Å². The van der Waals surface area contributed by atoms with Crippen molar-refractivity contribution in [3.63, 3.8) is 0 Å². The fraction of sp³-hybridized carbons (Fsp3) is 0.909. The molecule has 0 unspecified atom stereocenters. The lowest BCUT2D eigenvalue weighted by atomic mass is 10.1. The summed E-state index contributed by atoms with van der Waals surface area (Å²) in [7, 11) is 0. The molecule has 0 bridgehead atoms. The second kappa shape index (κ2) is 10.1. The molecule has 0 aromatic heterocycles. The van der Waals surface area contributed by atoms with Gasteiger partial charge in [-0.25, -0.2) is 0 Å². The Morgan fingerprint density at radius 2 is 1.67 bits per heavy atom. The van der Waals surface area contributed by atoms with Gasteiger partial charge in [0.05, 0.1) is 0 Å². The summed E-state index contributed by atoms with van der Waals surface area (Å²) in [4.78, 5) is 13.5. The predicted octanol–water partition coefficient (Wildman–Crippen LogP) is 0.355. The van der Waals surface area contributed by atoms with E-state index in [1.165, 1.54) is 0 Å². The van der Waals surface area contributed by atoms with E-state index in [2.05, 4.69) is 4.90 Å². The Morgan fingerprint density at radius 3 is 2.13 bits per heavy atom. The van der Waals surface area contributed by atoms with E-state index in [1.54, 1.807) is 0 Å². The van der Waals surface area contributed by atoms with Crippen molar-refractivity contribution in [3.05, 3.63) is 0 Å². The van der Waals surface area contributed by atoms with Gasteiger partial charge in [-0.1, -0.05) is 6.92 Å². The Bertz CT molecular complexity index is 156. The summed E-state index contributed by atoms with van der Waals surface area (Å²) in [5.41, 5.74) is 11.0. The molecule has 0 saturated carbocycles.